The molecule has 3 aromatic rings. The van der Waals surface area contributed by atoms with Crippen molar-refractivity contribution in [2.45, 2.75) is 19.9 Å². The van der Waals surface area contributed by atoms with Gasteiger partial charge >= 0.3 is 0 Å². The number of ether oxygens (including phenoxy) is 3. The van der Waals surface area contributed by atoms with E-state index in [1.807, 2.05) is 12.1 Å². The van der Waals surface area contributed by atoms with Crippen LogP contribution >= 0.6 is 11.3 Å². The summed E-state index contributed by atoms with van der Waals surface area (Å²) in [5.74, 6) is 1.55. The molecule has 4 heterocycles. The number of anilines is 1. The van der Waals surface area contributed by atoms with Gasteiger partial charge in [-0.25, -0.2) is 0 Å². The lowest BCUT2D eigenvalue weighted by molar-refractivity contribution is 0.0240. The zero-order chi connectivity index (χ0) is 21.4. The quantitative estimate of drug-likeness (QED) is 0.636. The van der Waals surface area contributed by atoms with E-state index in [-0.39, 0.29) is 18.7 Å². The SMILES string of the molecule is Cc1sc(NC(=O)c2ccco2)c([C@H](c2ccc3c(c2)OCO3)N2CCOCC2)c1C. The molecule has 0 spiro atoms. The molecule has 2 aliphatic heterocycles. The fourth-order valence-corrected chi connectivity index (χ4v) is 5.21. The number of thiophene rings is 1. The summed E-state index contributed by atoms with van der Waals surface area (Å²) in [6, 6.07) is 9.42. The molecule has 0 radical (unpaired) electrons. The van der Waals surface area contributed by atoms with Gasteiger partial charge in [0.1, 0.15) is 5.00 Å². The normalized spacial score (nSPS) is 17.0. The number of hydrogen-bond donors (Lipinski definition) is 1. The third-order valence-electron chi connectivity index (χ3n) is 5.80. The minimum Gasteiger partial charge on any atom is -0.459 e. The van der Waals surface area contributed by atoms with Crippen LogP contribution in [0.1, 0.15) is 38.2 Å². The van der Waals surface area contributed by atoms with E-state index in [4.69, 9.17) is 18.6 Å². The summed E-state index contributed by atoms with van der Waals surface area (Å²) in [4.78, 5) is 16.3. The van der Waals surface area contributed by atoms with Crippen LogP contribution in [0.25, 0.3) is 0 Å². The van der Waals surface area contributed by atoms with Gasteiger partial charge < -0.3 is 23.9 Å². The van der Waals surface area contributed by atoms with Crippen molar-refractivity contribution in [1.29, 1.82) is 0 Å². The van der Waals surface area contributed by atoms with Gasteiger partial charge in [-0.05, 0) is 49.2 Å². The number of furan rings is 1. The Kier molecular flexibility index (Phi) is 5.43. The van der Waals surface area contributed by atoms with Gasteiger partial charge in [0.2, 0.25) is 6.79 Å². The number of amides is 1. The van der Waals surface area contributed by atoms with Gasteiger partial charge in [-0.3, -0.25) is 9.69 Å². The molecular formula is C23H24N2O5S. The highest BCUT2D eigenvalue weighted by molar-refractivity contribution is 7.16. The van der Waals surface area contributed by atoms with Gasteiger partial charge in [0.05, 0.1) is 25.5 Å². The zero-order valence-corrected chi connectivity index (χ0v) is 18.3. The summed E-state index contributed by atoms with van der Waals surface area (Å²) in [5.41, 5.74) is 3.37. The van der Waals surface area contributed by atoms with E-state index >= 15 is 0 Å². The first-order valence-electron chi connectivity index (χ1n) is 10.3. The van der Waals surface area contributed by atoms with Crippen LogP contribution in [-0.4, -0.2) is 43.9 Å². The van der Waals surface area contributed by atoms with E-state index in [1.54, 1.807) is 23.5 Å². The van der Waals surface area contributed by atoms with E-state index in [2.05, 4.69) is 30.1 Å². The molecule has 0 bridgehead atoms. The molecule has 7 nitrogen and oxygen atoms in total. The van der Waals surface area contributed by atoms with Crippen LogP contribution in [0, 0.1) is 13.8 Å². The molecule has 0 saturated carbocycles. The van der Waals surface area contributed by atoms with Gasteiger partial charge in [-0.2, -0.15) is 0 Å². The Bertz CT molecular complexity index is 1090. The van der Waals surface area contributed by atoms with Crippen LogP contribution in [0.4, 0.5) is 5.00 Å². The van der Waals surface area contributed by atoms with Crippen molar-refractivity contribution in [2.24, 2.45) is 0 Å². The Morgan fingerprint density at radius 1 is 1.13 bits per heavy atom. The summed E-state index contributed by atoms with van der Waals surface area (Å²) in [6.07, 6.45) is 1.50. The molecule has 1 fully saturated rings. The third kappa shape index (κ3) is 3.82. The first-order valence-corrected chi connectivity index (χ1v) is 11.1. The highest BCUT2D eigenvalue weighted by Crippen LogP contribution is 2.44. The second-order valence-electron chi connectivity index (χ2n) is 7.62. The predicted octanol–water partition coefficient (Wildman–Crippen LogP) is 4.36. The van der Waals surface area contributed by atoms with Crippen molar-refractivity contribution in [2.75, 3.05) is 38.4 Å². The predicted molar refractivity (Wildman–Crippen MR) is 117 cm³/mol. The van der Waals surface area contributed by atoms with Gasteiger partial charge in [0, 0.05) is 23.5 Å². The number of carbonyl (C=O) groups is 1. The molecule has 1 amide bonds. The minimum atomic E-state index is -0.251. The molecule has 162 valence electrons. The summed E-state index contributed by atoms with van der Waals surface area (Å²) >= 11 is 1.59. The van der Waals surface area contributed by atoms with Gasteiger partial charge in [-0.15, -0.1) is 11.3 Å². The van der Waals surface area contributed by atoms with E-state index < -0.39 is 0 Å². The Hall–Kier alpha value is -2.81. The van der Waals surface area contributed by atoms with Crippen molar-refractivity contribution in [1.82, 2.24) is 4.90 Å². The van der Waals surface area contributed by atoms with Gasteiger partial charge in [0.25, 0.3) is 5.91 Å². The number of benzene rings is 1. The van der Waals surface area contributed by atoms with Crippen molar-refractivity contribution in [3.8, 4) is 11.5 Å². The lowest BCUT2D eigenvalue weighted by atomic mass is 9.94. The van der Waals surface area contributed by atoms with Gasteiger partial charge in [-0.1, -0.05) is 6.07 Å². The molecule has 1 aromatic carbocycles. The highest BCUT2D eigenvalue weighted by atomic mass is 32.1. The molecule has 1 saturated heterocycles. The lowest BCUT2D eigenvalue weighted by Crippen LogP contribution is -2.39. The van der Waals surface area contributed by atoms with E-state index in [0.29, 0.717) is 19.0 Å². The highest BCUT2D eigenvalue weighted by Gasteiger charge is 2.32. The molecule has 2 aliphatic rings. The fraction of sp³-hybridized carbons (Fsp3) is 0.348. The lowest BCUT2D eigenvalue weighted by Gasteiger charge is -2.35. The smallest absolute Gasteiger partial charge is 0.291 e. The topological polar surface area (TPSA) is 73.2 Å². The number of aryl methyl sites for hydroxylation is 1. The second-order valence-corrected chi connectivity index (χ2v) is 8.85. The fourth-order valence-electron chi connectivity index (χ4n) is 4.12. The maximum atomic E-state index is 12.8. The Labute approximate surface area is 184 Å². The number of nitrogens with one attached hydrogen (secondary N) is 1. The number of carbonyl (C=O) groups excluding carboxylic acids is 1. The maximum absolute atomic E-state index is 12.8. The van der Waals surface area contributed by atoms with Crippen molar-refractivity contribution < 1.29 is 23.4 Å². The van der Waals surface area contributed by atoms with Gasteiger partial charge in [0.15, 0.2) is 17.3 Å². The molecule has 2 aromatic heterocycles. The van der Waals surface area contributed by atoms with Crippen LogP contribution in [0.15, 0.2) is 41.0 Å². The number of rotatable bonds is 5. The Morgan fingerprint density at radius 2 is 1.94 bits per heavy atom. The molecule has 1 N–H and O–H groups in total. The summed E-state index contributed by atoms with van der Waals surface area (Å²) in [6.45, 7) is 7.40. The molecule has 0 aliphatic carbocycles. The molecule has 8 heteroatoms. The largest absolute Gasteiger partial charge is 0.459 e. The minimum absolute atomic E-state index is 0.0461. The molecule has 1 atom stereocenters. The van der Waals surface area contributed by atoms with E-state index in [9.17, 15) is 4.79 Å². The first-order chi connectivity index (χ1) is 15.1. The molecule has 0 unspecified atom stereocenters. The standard InChI is InChI=1S/C23H24N2O5S/c1-14-15(2)31-23(24-22(26)18-4-3-9-28-18)20(14)21(25-7-10-27-11-8-25)16-5-6-17-19(12-16)30-13-29-17/h3-6,9,12,21H,7-8,10-11,13H2,1-2H3,(H,24,26)/t21-/m0/s1. The van der Waals surface area contributed by atoms with E-state index in [1.165, 1.54) is 16.7 Å². The number of nitrogens with zero attached hydrogens (tertiary/aromatic N) is 1. The number of fused-ring (bicyclic) bond motifs is 1. The summed E-state index contributed by atoms with van der Waals surface area (Å²) < 4.78 is 22.1. The van der Waals surface area contributed by atoms with Crippen molar-refractivity contribution in [3.63, 3.8) is 0 Å². The average molecular weight is 441 g/mol. The van der Waals surface area contributed by atoms with Crippen LogP contribution < -0.4 is 14.8 Å². The van der Waals surface area contributed by atoms with Crippen LogP contribution in [0.3, 0.4) is 0 Å². The average Bonchev–Trinajstić information content (AvgIpc) is 3.52. The van der Waals surface area contributed by atoms with Crippen LogP contribution in [0.2, 0.25) is 0 Å². The molecule has 5 rings (SSSR count). The zero-order valence-electron chi connectivity index (χ0n) is 17.5. The van der Waals surface area contributed by atoms with Crippen molar-refractivity contribution >= 4 is 22.2 Å². The Morgan fingerprint density at radius 3 is 2.71 bits per heavy atom. The van der Waals surface area contributed by atoms with E-state index in [0.717, 1.165) is 40.7 Å². The third-order valence-corrected chi connectivity index (χ3v) is 6.94. The van der Waals surface area contributed by atoms with Crippen LogP contribution in [-0.2, 0) is 4.74 Å². The summed E-state index contributed by atoms with van der Waals surface area (Å²) in [5, 5.41) is 3.93. The first kappa shape index (κ1) is 20.1. The summed E-state index contributed by atoms with van der Waals surface area (Å²) in [7, 11) is 0. The maximum Gasteiger partial charge on any atom is 0.291 e. The van der Waals surface area contributed by atoms with Crippen LogP contribution in [0.5, 0.6) is 11.5 Å². The molecule has 31 heavy (non-hydrogen) atoms. The number of morpholine rings is 1. The molecular weight excluding hydrogens is 416 g/mol. The van der Waals surface area contributed by atoms with Crippen molar-refractivity contribution in [3.05, 3.63) is 63.9 Å². The second kappa shape index (κ2) is 8.37. The monoisotopic (exact) mass is 440 g/mol. The Balaban J connectivity index is 1.58. The number of hydrogen-bond acceptors (Lipinski definition) is 7.